The van der Waals surface area contributed by atoms with Crippen LogP contribution < -0.4 is 14.8 Å². The summed E-state index contributed by atoms with van der Waals surface area (Å²) < 4.78 is 15.8. The fourth-order valence-corrected chi connectivity index (χ4v) is 3.44. The molecule has 0 saturated heterocycles. The first-order chi connectivity index (χ1) is 13.0. The molecule has 144 valence electrons. The van der Waals surface area contributed by atoms with Gasteiger partial charge in [0.1, 0.15) is 11.5 Å². The van der Waals surface area contributed by atoms with Crippen molar-refractivity contribution < 1.29 is 23.8 Å². The van der Waals surface area contributed by atoms with E-state index in [4.69, 9.17) is 14.2 Å². The molecular formula is C17H19N3O5S2. The van der Waals surface area contributed by atoms with E-state index in [1.165, 1.54) is 29.2 Å². The normalized spacial score (nSPS) is 10.6. The number of anilines is 1. The van der Waals surface area contributed by atoms with Gasteiger partial charge in [0, 0.05) is 12.1 Å². The number of thioether (sulfide) groups is 1. The number of nitrogens with one attached hydrogen (secondary N) is 1. The van der Waals surface area contributed by atoms with E-state index in [1.54, 1.807) is 45.4 Å². The van der Waals surface area contributed by atoms with Crippen molar-refractivity contribution in [2.45, 2.75) is 11.3 Å². The minimum Gasteiger partial charge on any atom is -0.497 e. The fraction of sp³-hybridized carbons (Fsp3) is 0.294. The lowest BCUT2D eigenvalue weighted by Crippen LogP contribution is -2.07. The summed E-state index contributed by atoms with van der Waals surface area (Å²) in [6, 6.07) is 5.30. The molecule has 10 heteroatoms. The Bertz CT molecular complexity index is 800. The van der Waals surface area contributed by atoms with Crippen molar-refractivity contribution in [2.24, 2.45) is 0 Å². The van der Waals surface area contributed by atoms with Crippen LogP contribution >= 0.6 is 23.1 Å². The largest absolute Gasteiger partial charge is 0.497 e. The molecule has 0 atom stereocenters. The third kappa shape index (κ3) is 6.91. The van der Waals surface area contributed by atoms with E-state index in [2.05, 4.69) is 15.5 Å². The predicted octanol–water partition coefficient (Wildman–Crippen LogP) is 2.86. The monoisotopic (exact) mass is 409 g/mol. The second kappa shape index (κ2) is 10.5. The highest BCUT2D eigenvalue weighted by Gasteiger charge is 2.10. The van der Waals surface area contributed by atoms with Gasteiger partial charge in [0.05, 0.1) is 26.6 Å². The second-order valence-electron chi connectivity index (χ2n) is 4.94. The quantitative estimate of drug-likeness (QED) is 0.292. The highest BCUT2D eigenvalue weighted by Crippen LogP contribution is 2.26. The van der Waals surface area contributed by atoms with Gasteiger partial charge in [-0.05, 0) is 30.7 Å². The molecule has 1 aromatic carbocycles. The highest BCUT2D eigenvalue weighted by molar-refractivity contribution is 8.01. The molecule has 0 fully saturated rings. The number of esters is 1. The minimum absolute atomic E-state index is 0.147. The van der Waals surface area contributed by atoms with Crippen LogP contribution in [0.2, 0.25) is 0 Å². The summed E-state index contributed by atoms with van der Waals surface area (Å²) in [6.45, 7) is 2.08. The molecular weight excluding hydrogens is 390 g/mol. The van der Waals surface area contributed by atoms with Crippen LogP contribution in [0, 0.1) is 0 Å². The number of amides is 1. The molecule has 1 N–H and O–H groups in total. The summed E-state index contributed by atoms with van der Waals surface area (Å²) in [5, 5.41) is 10.8. The predicted molar refractivity (Wildman–Crippen MR) is 104 cm³/mol. The number of ether oxygens (including phenoxy) is 3. The topological polar surface area (TPSA) is 99.6 Å². The smallest absolute Gasteiger partial charge is 0.316 e. The van der Waals surface area contributed by atoms with Crippen molar-refractivity contribution in [1.82, 2.24) is 10.2 Å². The Hall–Kier alpha value is -2.59. The number of carbonyl (C=O) groups excluding carboxylic acids is 2. The lowest BCUT2D eigenvalue weighted by molar-refractivity contribution is -0.139. The van der Waals surface area contributed by atoms with Crippen LogP contribution in [-0.2, 0) is 14.3 Å². The van der Waals surface area contributed by atoms with E-state index in [-0.39, 0.29) is 17.6 Å². The van der Waals surface area contributed by atoms with Crippen LogP contribution in [0.15, 0.2) is 28.6 Å². The van der Waals surface area contributed by atoms with E-state index in [1.807, 2.05) is 0 Å². The van der Waals surface area contributed by atoms with Crippen LogP contribution in [0.3, 0.4) is 0 Å². The second-order valence-corrected chi connectivity index (χ2v) is 7.14. The summed E-state index contributed by atoms with van der Waals surface area (Å²) in [7, 11) is 3.12. The molecule has 2 rings (SSSR count). The molecule has 0 spiro atoms. The van der Waals surface area contributed by atoms with Gasteiger partial charge < -0.3 is 14.2 Å². The van der Waals surface area contributed by atoms with E-state index < -0.39 is 0 Å². The van der Waals surface area contributed by atoms with Gasteiger partial charge in [-0.15, -0.1) is 10.2 Å². The van der Waals surface area contributed by atoms with Gasteiger partial charge in [0.2, 0.25) is 11.0 Å². The van der Waals surface area contributed by atoms with E-state index in [0.29, 0.717) is 27.6 Å². The SMILES string of the molecule is CCOC(=O)CSc1nnc(NC(=O)/C=C/c2cc(OC)cc(OC)c2)s1. The molecule has 0 aliphatic heterocycles. The molecule has 0 aliphatic rings. The molecule has 1 aromatic heterocycles. The summed E-state index contributed by atoms with van der Waals surface area (Å²) in [6.07, 6.45) is 3.01. The number of methoxy groups -OCH3 is 2. The van der Waals surface area contributed by atoms with Crippen molar-refractivity contribution in [2.75, 3.05) is 31.9 Å². The average Bonchev–Trinajstić information content (AvgIpc) is 3.12. The van der Waals surface area contributed by atoms with Crippen molar-refractivity contribution in [3.8, 4) is 11.5 Å². The zero-order valence-electron chi connectivity index (χ0n) is 15.1. The molecule has 1 amide bonds. The molecule has 0 bridgehead atoms. The van der Waals surface area contributed by atoms with Crippen LogP contribution in [0.1, 0.15) is 12.5 Å². The Morgan fingerprint density at radius 2 is 1.89 bits per heavy atom. The number of nitrogens with zero attached hydrogens (tertiary/aromatic N) is 2. The van der Waals surface area contributed by atoms with Crippen molar-refractivity contribution in [3.63, 3.8) is 0 Å². The maximum Gasteiger partial charge on any atom is 0.316 e. The molecule has 27 heavy (non-hydrogen) atoms. The first-order valence-electron chi connectivity index (χ1n) is 7.88. The minimum atomic E-state index is -0.352. The van der Waals surface area contributed by atoms with Crippen LogP contribution in [0.5, 0.6) is 11.5 Å². The lowest BCUT2D eigenvalue weighted by atomic mass is 10.2. The summed E-state index contributed by atoms with van der Waals surface area (Å²) in [5.41, 5.74) is 0.754. The maximum atomic E-state index is 12.1. The Labute approximate surface area is 164 Å². The van der Waals surface area contributed by atoms with Crippen molar-refractivity contribution >= 4 is 46.2 Å². The average molecular weight is 409 g/mol. The van der Waals surface area contributed by atoms with Gasteiger partial charge in [0.15, 0.2) is 4.34 Å². The Kier molecular flexibility index (Phi) is 8.08. The highest BCUT2D eigenvalue weighted by atomic mass is 32.2. The number of aromatic nitrogens is 2. The molecule has 1 heterocycles. The molecule has 0 radical (unpaired) electrons. The van der Waals surface area contributed by atoms with Crippen molar-refractivity contribution in [1.29, 1.82) is 0 Å². The van der Waals surface area contributed by atoms with Gasteiger partial charge in [0.25, 0.3) is 0 Å². The van der Waals surface area contributed by atoms with Crippen LogP contribution in [-0.4, -0.2) is 48.7 Å². The van der Waals surface area contributed by atoms with Crippen molar-refractivity contribution in [3.05, 3.63) is 29.8 Å². The van der Waals surface area contributed by atoms with Gasteiger partial charge in [-0.1, -0.05) is 23.1 Å². The summed E-state index contributed by atoms with van der Waals surface area (Å²) in [4.78, 5) is 23.4. The maximum absolute atomic E-state index is 12.1. The van der Waals surface area contributed by atoms with Gasteiger partial charge in [-0.3, -0.25) is 14.9 Å². The Morgan fingerprint density at radius 1 is 1.19 bits per heavy atom. The first-order valence-corrected chi connectivity index (χ1v) is 9.68. The summed E-state index contributed by atoms with van der Waals surface area (Å²) >= 11 is 2.39. The Balaban J connectivity index is 1.92. The Morgan fingerprint density at radius 3 is 2.52 bits per heavy atom. The number of rotatable bonds is 9. The zero-order valence-corrected chi connectivity index (χ0v) is 16.7. The lowest BCUT2D eigenvalue weighted by Gasteiger charge is -2.05. The van der Waals surface area contributed by atoms with Gasteiger partial charge in [-0.2, -0.15) is 0 Å². The van der Waals surface area contributed by atoms with E-state index >= 15 is 0 Å². The van der Waals surface area contributed by atoms with Crippen LogP contribution in [0.25, 0.3) is 6.08 Å². The molecule has 8 nitrogen and oxygen atoms in total. The molecule has 2 aromatic rings. The number of carbonyl (C=O) groups is 2. The summed E-state index contributed by atoms with van der Waals surface area (Å²) in [5.74, 6) is 0.729. The number of hydrogen-bond donors (Lipinski definition) is 1. The molecule has 0 aliphatic carbocycles. The van der Waals surface area contributed by atoms with Gasteiger partial charge >= 0.3 is 5.97 Å². The first kappa shape index (κ1) is 20.7. The molecule has 0 unspecified atom stereocenters. The van der Waals surface area contributed by atoms with Crippen LogP contribution in [0.4, 0.5) is 5.13 Å². The third-order valence-electron chi connectivity index (χ3n) is 3.06. The van der Waals surface area contributed by atoms with E-state index in [9.17, 15) is 9.59 Å². The van der Waals surface area contributed by atoms with E-state index in [0.717, 1.165) is 5.56 Å². The third-order valence-corrected chi connectivity index (χ3v) is 5.00. The fourth-order valence-electron chi connectivity index (χ4n) is 1.89. The van der Waals surface area contributed by atoms with Gasteiger partial charge in [-0.25, -0.2) is 0 Å². The number of benzene rings is 1. The zero-order chi connectivity index (χ0) is 19.6. The standard InChI is InChI=1S/C17H19N3O5S2/c1-4-25-15(22)10-26-17-20-19-16(27-17)18-14(21)6-5-11-7-12(23-2)9-13(8-11)24-3/h5-9H,4,10H2,1-3H3,(H,18,19,21)/b6-5+. The molecule has 0 saturated carbocycles. The number of hydrogen-bond acceptors (Lipinski definition) is 9.